The highest BCUT2D eigenvalue weighted by Crippen LogP contribution is 2.28. The van der Waals surface area contributed by atoms with Gasteiger partial charge in [0.15, 0.2) is 6.61 Å². The van der Waals surface area contributed by atoms with Crippen molar-refractivity contribution >= 4 is 50.9 Å². The van der Waals surface area contributed by atoms with Crippen LogP contribution in [0.2, 0.25) is 10.0 Å². The van der Waals surface area contributed by atoms with Crippen molar-refractivity contribution in [2.24, 2.45) is 0 Å². The Morgan fingerprint density at radius 2 is 1.63 bits per heavy atom. The number of amides is 2. The second kappa shape index (κ2) is 13.0. The number of hydrogen-bond donors (Lipinski definition) is 1. The van der Waals surface area contributed by atoms with Crippen LogP contribution in [0.15, 0.2) is 77.3 Å². The van der Waals surface area contributed by atoms with Gasteiger partial charge in [0.1, 0.15) is 11.8 Å². The first-order valence-corrected chi connectivity index (χ1v) is 12.7. The Morgan fingerprint density at radius 3 is 2.29 bits per heavy atom. The van der Waals surface area contributed by atoms with Crippen molar-refractivity contribution in [3.8, 4) is 5.75 Å². The summed E-state index contributed by atoms with van der Waals surface area (Å²) in [5.74, 6) is -0.0738. The van der Waals surface area contributed by atoms with E-state index < -0.39 is 6.04 Å². The molecule has 8 heteroatoms. The molecule has 0 bridgehead atoms. The lowest BCUT2D eigenvalue weighted by atomic mass is 10.0. The minimum atomic E-state index is -0.747. The molecular weight excluding hydrogens is 551 g/mol. The number of benzene rings is 3. The van der Waals surface area contributed by atoms with E-state index >= 15 is 0 Å². The Morgan fingerprint density at radius 1 is 0.943 bits per heavy atom. The Labute approximate surface area is 224 Å². The van der Waals surface area contributed by atoms with Crippen LogP contribution in [-0.2, 0) is 22.6 Å². The molecule has 0 heterocycles. The lowest BCUT2D eigenvalue weighted by molar-refractivity contribution is -0.143. The molecule has 3 rings (SSSR count). The Hall–Kier alpha value is -2.54. The van der Waals surface area contributed by atoms with E-state index in [0.717, 1.165) is 11.1 Å². The SMILES string of the molecule is CC(C)NC(=O)C(Cc1ccccc1)N(Cc1cccc(Cl)c1)C(=O)COc1ccc(Cl)cc1Br. The summed E-state index contributed by atoms with van der Waals surface area (Å²) in [4.78, 5) is 28.4. The fraction of sp³-hybridized carbons (Fsp3) is 0.259. The lowest BCUT2D eigenvalue weighted by Crippen LogP contribution is -2.52. The molecule has 0 saturated carbocycles. The summed E-state index contributed by atoms with van der Waals surface area (Å²) in [6.07, 6.45) is 0.357. The van der Waals surface area contributed by atoms with Crippen LogP contribution in [0.25, 0.3) is 0 Å². The minimum Gasteiger partial charge on any atom is -0.483 e. The number of nitrogens with one attached hydrogen (secondary N) is 1. The first-order valence-electron chi connectivity index (χ1n) is 11.2. The normalized spacial score (nSPS) is 11.7. The molecule has 35 heavy (non-hydrogen) atoms. The van der Waals surface area contributed by atoms with E-state index in [2.05, 4.69) is 21.2 Å². The third-order valence-corrected chi connectivity index (χ3v) is 6.28. The summed E-state index contributed by atoms with van der Waals surface area (Å²) in [5.41, 5.74) is 1.76. The van der Waals surface area contributed by atoms with Gasteiger partial charge in [-0.2, -0.15) is 0 Å². The van der Waals surface area contributed by atoms with Gasteiger partial charge in [0.05, 0.1) is 4.47 Å². The fourth-order valence-corrected chi connectivity index (χ4v) is 4.59. The Bertz CT molecular complexity index is 1160. The van der Waals surface area contributed by atoms with Crippen LogP contribution < -0.4 is 10.1 Å². The number of carbonyl (C=O) groups excluding carboxylic acids is 2. The van der Waals surface area contributed by atoms with Crippen LogP contribution in [0.3, 0.4) is 0 Å². The Balaban J connectivity index is 1.92. The predicted molar refractivity (Wildman–Crippen MR) is 144 cm³/mol. The molecule has 1 N–H and O–H groups in total. The van der Waals surface area contributed by atoms with Gasteiger partial charge < -0.3 is 15.0 Å². The van der Waals surface area contributed by atoms with Gasteiger partial charge in [0.25, 0.3) is 5.91 Å². The lowest BCUT2D eigenvalue weighted by Gasteiger charge is -2.32. The molecule has 2 amide bonds. The maximum atomic E-state index is 13.6. The van der Waals surface area contributed by atoms with Crippen molar-refractivity contribution in [1.82, 2.24) is 10.2 Å². The van der Waals surface area contributed by atoms with Crippen molar-refractivity contribution in [2.45, 2.75) is 38.9 Å². The molecule has 0 saturated heterocycles. The molecule has 0 fully saturated rings. The van der Waals surface area contributed by atoms with E-state index in [0.29, 0.717) is 26.7 Å². The third kappa shape index (κ3) is 8.27. The van der Waals surface area contributed by atoms with Gasteiger partial charge in [0, 0.05) is 29.1 Å². The third-order valence-electron chi connectivity index (χ3n) is 5.19. The zero-order valence-electron chi connectivity index (χ0n) is 19.5. The minimum absolute atomic E-state index is 0.0785. The molecule has 3 aromatic carbocycles. The van der Waals surface area contributed by atoms with E-state index in [1.54, 1.807) is 35.2 Å². The van der Waals surface area contributed by atoms with Gasteiger partial charge in [-0.25, -0.2) is 0 Å². The largest absolute Gasteiger partial charge is 0.483 e. The second-order valence-electron chi connectivity index (χ2n) is 8.38. The van der Waals surface area contributed by atoms with Crippen molar-refractivity contribution in [2.75, 3.05) is 6.61 Å². The van der Waals surface area contributed by atoms with Crippen LogP contribution in [0, 0.1) is 0 Å². The van der Waals surface area contributed by atoms with Crippen molar-refractivity contribution in [3.63, 3.8) is 0 Å². The van der Waals surface area contributed by atoms with Gasteiger partial charge in [-0.1, -0.05) is 65.7 Å². The topological polar surface area (TPSA) is 58.6 Å². The molecule has 184 valence electrons. The quantitative estimate of drug-likeness (QED) is 0.308. The van der Waals surface area contributed by atoms with Gasteiger partial charge >= 0.3 is 0 Å². The molecule has 1 unspecified atom stereocenters. The number of hydrogen-bond acceptors (Lipinski definition) is 3. The van der Waals surface area contributed by atoms with E-state index in [-0.39, 0.29) is 31.0 Å². The number of nitrogens with zero attached hydrogens (tertiary/aromatic N) is 1. The van der Waals surface area contributed by atoms with Gasteiger partial charge in [-0.15, -0.1) is 0 Å². The highest BCUT2D eigenvalue weighted by Gasteiger charge is 2.31. The van der Waals surface area contributed by atoms with Crippen molar-refractivity contribution in [3.05, 3.63) is 98.4 Å². The average molecular weight is 578 g/mol. The molecule has 0 aromatic heterocycles. The molecule has 0 aliphatic heterocycles. The summed E-state index contributed by atoms with van der Waals surface area (Å²) in [6, 6.07) is 21.1. The van der Waals surface area contributed by atoms with Gasteiger partial charge in [-0.05, 0) is 71.2 Å². The maximum absolute atomic E-state index is 13.6. The van der Waals surface area contributed by atoms with Crippen LogP contribution in [0.5, 0.6) is 5.75 Å². The smallest absolute Gasteiger partial charge is 0.261 e. The van der Waals surface area contributed by atoms with Crippen LogP contribution in [0.4, 0.5) is 0 Å². The highest BCUT2D eigenvalue weighted by atomic mass is 79.9. The molecule has 0 radical (unpaired) electrons. The van der Waals surface area contributed by atoms with E-state index in [9.17, 15) is 9.59 Å². The highest BCUT2D eigenvalue weighted by molar-refractivity contribution is 9.10. The van der Waals surface area contributed by atoms with Crippen LogP contribution in [0.1, 0.15) is 25.0 Å². The van der Waals surface area contributed by atoms with Crippen LogP contribution >= 0.6 is 39.1 Å². The zero-order chi connectivity index (χ0) is 25.4. The standard InChI is InChI=1S/C27H27BrCl2N2O3/c1-18(2)31-27(34)24(14-19-7-4-3-5-8-19)32(16-20-9-6-10-21(29)13-20)26(33)17-35-25-12-11-22(30)15-23(25)28/h3-13,15,18,24H,14,16-17H2,1-2H3,(H,31,34). The second-order valence-corrected chi connectivity index (χ2v) is 10.1. The van der Waals surface area contributed by atoms with Crippen molar-refractivity contribution in [1.29, 1.82) is 0 Å². The monoisotopic (exact) mass is 576 g/mol. The predicted octanol–water partition coefficient (Wildman–Crippen LogP) is 6.30. The molecule has 1 atom stereocenters. The zero-order valence-corrected chi connectivity index (χ0v) is 22.6. The number of carbonyl (C=O) groups is 2. The fourth-order valence-electron chi connectivity index (χ4n) is 3.58. The molecular formula is C27H27BrCl2N2O3. The maximum Gasteiger partial charge on any atom is 0.261 e. The Kier molecular flexibility index (Phi) is 10.0. The summed E-state index contributed by atoms with van der Waals surface area (Å²) >= 11 is 15.6. The summed E-state index contributed by atoms with van der Waals surface area (Å²) in [7, 11) is 0. The van der Waals surface area contributed by atoms with Crippen molar-refractivity contribution < 1.29 is 14.3 Å². The summed E-state index contributed by atoms with van der Waals surface area (Å²) in [6.45, 7) is 3.73. The molecule has 0 aliphatic rings. The summed E-state index contributed by atoms with van der Waals surface area (Å²) < 4.78 is 6.44. The molecule has 0 aliphatic carbocycles. The first kappa shape index (κ1) is 27.1. The van der Waals surface area contributed by atoms with Gasteiger partial charge in [-0.3, -0.25) is 9.59 Å². The molecule has 3 aromatic rings. The first-order chi connectivity index (χ1) is 16.7. The number of halogens is 3. The summed E-state index contributed by atoms with van der Waals surface area (Å²) in [5, 5.41) is 4.07. The molecule has 5 nitrogen and oxygen atoms in total. The average Bonchev–Trinajstić information content (AvgIpc) is 2.81. The van der Waals surface area contributed by atoms with Crippen LogP contribution in [-0.4, -0.2) is 35.4 Å². The number of ether oxygens (including phenoxy) is 1. The van der Waals surface area contributed by atoms with E-state index in [4.69, 9.17) is 27.9 Å². The molecule has 0 spiro atoms. The van der Waals surface area contributed by atoms with E-state index in [1.807, 2.05) is 56.3 Å². The van der Waals surface area contributed by atoms with E-state index in [1.165, 1.54) is 0 Å². The number of rotatable bonds is 10. The van der Waals surface area contributed by atoms with Gasteiger partial charge in [0.2, 0.25) is 5.91 Å².